The fraction of sp³-hybridized carbons (Fsp3) is 0.357. The van der Waals surface area contributed by atoms with Gasteiger partial charge in [-0.05, 0) is 19.9 Å². The smallest absolute Gasteiger partial charge is 0.339 e. The van der Waals surface area contributed by atoms with Crippen LogP contribution in [0.4, 0.5) is 5.69 Å². The largest absolute Gasteiger partial charge is 0.478 e. The van der Waals surface area contributed by atoms with Crippen molar-refractivity contribution in [2.75, 3.05) is 11.9 Å². The number of aryl methyl sites for hydroxylation is 2. The Hall–Kier alpha value is -1.95. The van der Waals surface area contributed by atoms with Crippen molar-refractivity contribution in [3.8, 4) is 0 Å². The predicted molar refractivity (Wildman–Crippen MR) is 79.7 cm³/mol. The molecular formula is C14H17N3O2S. The first-order valence-electron chi connectivity index (χ1n) is 6.34. The van der Waals surface area contributed by atoms with Crippen molar-refractivity contribution in [3.05, 3.63) is 39.6 Å². The Morgan fingerprint density at radius 3 is 2.85 bits per heavy atom. The van der Waals surface area contributed by atoms with E-state index in [9.17, 15) is 9.90 Å². The topological polar surface area (TPSA) is 75.1 Å². The lowest BCUT2D eigenvalue weighted by Gasteiger charge is -2.15. The second-order valence-corrected chi connectivity index (χ2v) is 5.66. The number of aromatic nitrogens is 2. The van der Waals surface area contributed by atoms with Crippen LogP contribution in [0.1, 0.15) is 39.6 Å². The summed E-state index contributed by atoms with van der Waals surface area (Å²) in [6.07, 6.45) is 1.78. The molecule has 0 fully saturated rings. The molecule has 0 aliphatic rings. The van der Waals surface area contributed by atoms with Gasteiger partial charge in [-0.25, -0.2) is 9.78 Å². The van der Waals surface area contributed by atoms with Crippen LogP contribution in [0.5, 0.6) is 0 Å². The predicted octanol–water partition coefficient (Wildman–Crippen LogP) is 3.07. The number of thiazole rings is 1. The Labute approximate surface area is 121 Å². The number of carboxylic acids is 1. The number of carboxylic acid groups (broad SMARTS) is 1. The van der Waals surface area contributed by atoms with Gasteiger partial charge in [0.2, 0.25) is 0 Å². The summed E-state index contributed by atoms with van der Waals surface area (Å²) in [6, 6.07) is 1.77. The Bertz CT molecular complexity index is 611. The highest BCUT2D eigenvalue weighted by molar-refractivity contribution is 7.09. The van der Waals surface area contributed by atoms with E-state index in [1.165, 1.54) is 0 Å². The number of aromatic carboxylic acids is 1. The lowest BCUT2D eigenvalue weighted by Crippen LogP contribution is -2.14. The molecule has 106 valence electrons. The molecule has 0 bridgehead atoms. The summed E-state index contributed by atoms with van der Waals surface area (Å²) < 4.78 is 0. The number of nitrogens with zero attached hydrogens (tertiary/aromatic N) is 2. The number of nitrogens with one attached hydrogen (secondary N) is 1. The standard InChI is InChI=1S/C14H17N3O2S/c1-8(13-15-4-5-20-13)7-16-11-6-9(2)17-10(3)12(11)14(18)19/h4-6,8H,7H2,1-3H3,(H,16,17)(H,18,19). The molecule has 2 N–H and O–H groups in total. The SMILES string of the molecule is Cc1cc(NCC(C)c2nccs2)c(C(=O)O)c(C)n1. The summed E-state index contributed by atoms with van der Waals surface area (Å²) >= 11 is 1.60. The minimum Gasteiger partial charge on any atom is -0.478 e. The van der Waals surface area contributed by atoms with E-state index in [4.69, 9.17) is 0 Å². The highest BCUT2D eigenvalue weighted by Gasteiger charge is 2.16. The van der Waals surface area contributed by atoms with Gasteiger partial charge < -0.3 is 10.4 Å². The second kappa shape index (κ2) is 6.00. The molecule has 1 unspecified atom stereocenters. The summed E-state index contributed by atoms with van der Waals surface area (Å²) in [5.74, 6) is -0.732. The average Bonchev–Trinajstić information content (AvgIpc) is 2.88. The van der Waals surface area contributed by atoms with Gasteiger partial charge in [-0.15, -0.1) is 11.3 Å². The van der Waals surface area contributed by atoms with Gasteiger partial charge in [0.1, 0.15) is 5.56 Å². The molecule has 2 rings (SSSR count). The first kappa shape index (κ1) is 14.5. The van der Waals surface area contributed by atoms with E-state index in [1.54, 1.807) is 30.5 Å². The third-order valence-electron chi connectivity index (χ3n) is 3.01. The highest BCUT2D eigenvalue weighted by Crippen LogP contribution is 2.23. The molecule has 1 atom stereocenters. The van der Waals surface area contributed by atoms with Crippen LogP contribution >= 0.6 is 11.3 Å². The molecule has 0 radical (unpaired) electrons. The van der Waals surface area contributed by atoms with Gasteiger partial charge in [-0.2, -0.15) is 0 Å². The second-order valence-electron chi connectivity index (χ2n) is 4.73. The van der Waals surface area contributed by atoms with Crippen molar-refractivity contribution in [1.29, 1.82) is 0 Å². The minimum absolute atomic E-state index is 0.227. The fourth-order valence-electron chi connectivity index (χ4n) is 2.07. The molecule has 0 aliphatic heterocycles. The molecule has 0 saturated carbocycles. The van der Waals surface area contributed by atoms with Crippen LogP contribution in [-0.4, -0.2) is 27.6 Å². The molecule has 0 spiro atoms. The maximum absolute atomic E-state index is 11.3. The monoisotopic (exact) mass is 291 g/mol. The van der Waals surface area contributed by atoms with Crippen molar-refractivity contribution < 1.29 is 9.90 Å². The molecule has 2 heterocycles. The summed E-state index contributed by atoms with van der Waals surface area (Å²) in [7, 11) is 0. The molecule has 2 aromatic heterocycles. The Balaban J connectivity index is 2.19. The number of pyridine rings is 1. The maximum Gasteiger partial charge on any atom is 0.339 e. The maximum atomic E-state index is 11.3. The zero-order chi connectivity index (χ0) is 14.7. The van der Waals surface area contributed by atoms with Gasteiger partial charge in [0.05, 0.1) is 16.4 Å². The lowest BCUT2D eigenvalue weighted by atomic mass is 10.1. The van der Waals surface area contributed by atoms with Crippen LogP contribution in [-0.2, 0) is 0 Å². The first-order valence-corrected chi connectivity index (χ1v) is 7.21. The molecule has 6 heteroatoms. The van der Waals surface area contributed by atoms with Crippen molar-refractivity contribution in [3.63, 3.8) is 0 Å². The summed E-state index contributed by atoms with van der Waals surface area (Å²) in [4.78, 5) is 19.8. The third-order valence-corrected chi connectivity index (χ3v) is 4.02. The van der Waals surface area contributed by atoms with Crippen molar-refractivity contribution in [1.82, 2.24) is 9.97 Å². The fourth-order valence-corrected chi connectivity index (χ4v) is 2.76. The molecule has 20 heavy (non-hydrogen) atoms. The number of rotatable bonds is 5. The molecule has 2 aromatic rings. The lowest BCUT2D eigenvalue weighted by molar-refractivity contribution is 0.0696. The summed E-state index contributed by atoms with van der Waals surface area (Å²) in [6.45, 7) is 6.27. The van der Waals surface area contributed by atoms with Gasteiger partial charge in [0.25, 0.3) is 0 Å². The zero-order valence-corrected chi connectivity index (χ0v) is 12.5. The van der Waals surface area contributed by atoms with E-state index in [0.29, 0.717) is 17.9 Å². The third kappa shape index (κ3) is 3.14. The number of carbonyl (C=O) groups is 1. The van der Waals surface area contributed by atoms with E-state index >= 15 is 0 Å². The van der Waals surface area contributed by atoms with Crippen molar-refractivity contribution in [2.45, 2.75) is 26.7 Å². The van der Waals surface area contributed by atoms with E-state index in [2.05, 4.69) is 22.2 Å². The van der Waals surface area contributed by atoms with Gasteiger partial charge in [0, 0.05) is 29.7 Å². The van der Waals surface area contributed by atoms with E-state index < -0.39 is 5.97 Å². The minimum atomic E-state index is -0.959. The van der Waals surface area contributed by atoms with Crippen LogP contribution in [0.3, 0.4) is 0 Å². The van der Waals surface area contributed by atoms with Gasteiger partial charge in [0.15, 0.2) is 0 Å². The van der Waals surface area contributed by atoms with Gasteiger partial charge in [-0.1, -0.05) is 6.92 Å². The van der Waals surface area contributed by atoms with E-state index in [1.807, 2.05) is 12.3 Å². The first-order chi connectivity index (χ1) is 9.49. The zero-order valence-electron chi connectivity index (χ0n) is 11.7. The molecule has 0 amide bonds. The van der Waals surface area contributed by atoms with E-state index in [0.717, 1.165) is 10.7 Å². The van der Waals surface area contributed by atoms with Crippen molar-refractivity contribution >= 4 is 23.0 Å². The van der Waals surface area contributed by atoms with Crippen LogP contribution in [0, 0.1) is 13.8 Å². The van der Waals surface area contributed by atoms with Gasteiger partial charge in [-0.3, -0.25) is 4.98 Å². The number of anilines is 1. The van der Waals surface area contributed by atoms with Crippen molar-refractivity contribution in [2.24, 2.45) is 0 Å². The van der Waals surface area contributed by atoms with Crippen LogP contribution in [0.25, 0.3) is 0 Å². The molecule has 5 nitrogen and oxygen atoms in total. The van der Waals surface area contributed by atoms with Crippen LogP contribution in [0.15, 0.2) is 17.6 Å². The van der Waals surface area contributed by atoms with Crippen LogP contribution < -0.4 is 5.32 Å². The van der Waals surface area contributed by atoms with Gasteiger partial charge >= 0.3 is 5.97 Å². The molecular weight excluding hydrogens is 274 g/mol. The van der Waals surface area contributed by atoms with E-state index in [-0.39, 0.29) is 11.5 Å². The Kier molecular flexibility index (Phi) is 4.34. The summed E-state index contributed by atoms with van der Waals surface area (Å²) in [5, 5.41) is 15.5. The van der Waals surface area contributed by atoms with Crippen LogP contribution in [0.2, 0.25) is 0 Å². The average molecular weight is 291 g/mol. The number of hydrogen-bond acceptors (Lipinski definition) is 5. The Morgan fingerprint density at radius 2 is 2.25 bits per heavy atom. The number of hydrogen-bond donors (Lipinski definition) is 2. The molecule has 0 saturated heterocycles. The normalized spacial score (nSPS) is 12.2. The Morgan fingerprint density at radius 1 is 1.50 bits per heavy atom. The summed E-state index contributed by atoms with van der Waals surface area (Å²) in [5.41, 5.74) is 2.19. The quantitative estimate of drug-likeness (QED) is 0.885. The molecule has 0 aromatic carbocycles. The highest BCUT2D eigenvalue weighted by atomic mass is 32.1. The molecule has 0 aliphatic carbocycles.